The molecule has 0 unspecified atom stereocenters. The molecule has 26 heavy (non-hydrogen) atoms. The van der Waals surface area contributed by atoms with Crippen LogP contribution in [0.15, 0.2) is 48.2 Å². The third kappa shape index (κ3) is 4.18. The molecule has 7 heteroatoms. The minimum Gasteiger partial charge on any atom is -0.490 e. The maximum atomic E-state index is 13.7. The number of hydrogen-bond acceptors (Lipinski definition) is 4. The van der Waals surface area contributed by atoms with Crippen molar-refractivity contribution in [2.24, 2.45) is 0 Å². The Morgan fingerprint density at radius 3 is 2.62 bits per heavy atom. The molecule has 2 N–H and O–H groups in total. The number of rotatable bonds is 6. The Morgan fingerprint density at radius 1 is 1.12 bits per heavy atom. The van der Waals surface area contributed by atoms with Crippen LogP contribution in [-0.2, 0) is 11.4 Å². The number of ether oxygens (including phenoxy) is 2. The monoisotopic (exact) mass is 372 g/mol. The number of benzene rings is 2. The minimum atomic E-state index is -0.318. The molecule has 1 saturated heterocycles. The van der Waals surface area contributed by atoms with Crippen molar-refractivity contribution in [1.29, 1.82) is 0 Å². The summed E-state index contributed by atoms with van der Waals surface area (Å²) in [4.78, 5) is 11.7. The molecule has 3 rings (SSSR count). The average Bonchev–Trinajstić information content (AvgIpc) is 2.93. The van der Waals surface area contributed by atoms with Gasteiger partial charge in [-0.25, -0.2) is 4.39 Å². The van der Waals surface area contributed by atoms with E-state index in [1.165, 1.54) is 6.07 Å². The van der Waals surface area contributed by atoms with Gasteiger partial charge in [0.25, 0.3) is 5.91 Å². The number of nitrogens with one attached hydrogen (secondary N) is 2. The van der Waals surface area contributed by atoms with Crippen LogP contribution in [0.4, 0.5) is 4.39 Å². The number of hydrogen-bond donors (Lipinski definition) is 2. The van der Waals surface area contributed by atoms with Crippen molar-refractivity contribution in [3.63, 3.8) is 0 Å². The van der Waals surface area contributed by atoms with Crippen LogP contribution in [0.1, 0.15) is 18.1 Å². The lowest BCUT2D eigenvalue weighted by Gasteiger charge is -2.13. The van der Waals surface area contributed by atoms with E-state index in [1.54, 1.807) is 42.5 Å². The second-order valence-electron chi connectivity index (χ2n) is 5.49. The van der Waals surface area contributed by atoms with Gasteiger partial charge in [-0.2, -0.15) is 0 Å². The van der Waals surface area contributed by atoms with Crippen LogP contribution in [0.5, 0.6) is 11.5 Å². The third-order valence-electron chi connectivity index (χ3n) is 3.64. The predicted molar refractivity (Wildman–Crippen MR) is 100 cm³/mol. The predicted octanol–water partition coefficient (Wildman–Crippen LogP) is 3.15. The maximum absolute atomic E-state index is 13.7. The van der Waals surface area contributed by atoms with Gasteiger partial charge in [-0.05, 0) is 49.0 Å². The van der Waals surface area contributed by atoms with E-state index in [-0.39, 0.29) is 23.4 Å². The molecule has 0 atom stereocenters. The second-order valence-corrected chi connectivity index (χ2v) is 5.89. The molecule has 0 spiro atoms. The highest BCUT2D eigenvalue weighted by atomic mass is 32.1. The van der Waals surface area contributed by atoms with E-state index in [4.69, 9.17) is 21.7 Å². The molecule has 0 radical (unpaired) electrons. The van der Waals surface area contributed by atoms with Gasteiger partial charge in [0.05, 0.1) is 6.61 Å². The molecule has 2 aromatic carbocycles. The summed E-state index contributed by atoms with van der Waals surface area (Å²) < 4.78 is 25.1. The Bertz CT molecular complexity index is 883. The topological polar surface area (TPSA) is 59.6 Å². The standard InChI is InChI=1S/C19H17FN2O3S/c1-2-24-17-10-12(9-15-18(23)22-19(26)21-15)7-8-16(17)25-11-13-5-3-4-6-14(13)20/h3-10H,2,11H2,1H3,(H2,21,22,23,26)/b15-9+. The van der Waals surface area contributed by atoms with Crippen molar-refractivity contribution in [1.82, 2.24) is 10.6 Å². The Morgan fingerprint density at radius 2 is 1.92 bits per heavy atom. The Hall–Kier alpha value is -2.93. The molecule has 1 fully saturated rings. The summed E-state index contributed by atoms with van der Waals surface area (Å²) in [7, 11) is 0. The first-order valence-electron chi connectivity index (χ1n) is 8.04. The van der Waals surface area contributed by atoms with Gasteiger partial charge in [-0.3, -0.25) is 10.1 Å². The summed E-state index contributed by atoms with van der Waals surface area (Å²) in [6.45, 7) is 2.39. The lowest BCUT2D eigenvalue weighted by atomic mass is 10.1. The number of thiocarbonyl (C=S) groups is 1. The molecular formula is C19H17FN2O3S. The van der Waals surface area contributed by atoms with E-state index in [2.05, 4.69) is 10.6 Å². The number of carbonyl (C=O) groups is 1. The van der Waals surface area contributed by atoms with Gasteiger partial charge in [0.15, 0.2) is 16.6 Å². The number of carbonyl (C=O) groups excluding carboxylic acids is 1. The molecule has 134 valence electrons. The van der Waals surface area contributed by atoms with Crippen LogP contribution in [0.25, 0.3) is 6.08 Å². The summed E-state index contributed by atoms with van der Waals surface area (Å²) in [5, 5.41) is 5.57. The summed E-state index contributed by atoms with van der Waals surface area (Å²) >= 11 is 4.91. The average molecular weight is 372 g/mol. The molecule has 0 aliphatic carbocycles. The van der Waals surface area contributed by atoms with Crippen molar-refractivity contribution in [3.8, 4) is 11.5 Å². The summed E-state index contributed by atoms with van der Waals surface area (Å²) in [5.41, 5.74) is 1.56. The van der Waals surface area contributed by atoms with Crippen LogP contribution >= 0.6 is 12.2 Å². The molecule has 0 bridgehead atoms. The molecule has 2 aromatic rings. The molecule has 1 aliphatic heterocycles. The molecule has 5 nitrogen and oxygen atoms in total. The smallest absolute Gasteiger partial charge is 0.273 e. The first-order valence-corrected chi connectivity index (χ1v) is 8.44. The zero-order valence-corrected chi connectivity index (χ0v) is 14.9. The molecule has 1 heterocycles. The Balaban J connectivity index is 1.80. The highest BCUT2D eigenvalue weighted by molar-refractivity contribution is 7.80. The van der Waals surface area contributed by atoms with Gasteiger partial charge in [0.1, 0.15) is 18.1 Å². The van der Waals surface area contributed by atoms with E-state index >= 15 is 0 Å². The molecule has 0 saturated carbocycles. The largest absolute Gasteiger partial charge is 0.490 e. The fourth-order valence-electron chi connectivity index (χ4n) is 2.42. The van der Waals surface area contributed by atoms with Gasteiger partial charge >= 0.3 is 0 Å². The van der Waals surface area contributed by atoms with Gasteiger partial charge in [0, 0.05) is 5.56 Å². The minimum absolute atomic E-state index is 0.0887. The van der Waals surface area contributed by atoms with Crippen molar-refractivity contribution in [2.45, 2.75) is 13.5 Å². The van der Waals surface area contributed by atoms with Crippen LogP contribution in [0.2, 0.25) is 0 Å². The molecular weight excluding hydrogens is 355 g/mol. The zero-order chi connectivity index (χ0) is 18.5. The molecule has 1 amide bonds. The second kappa shape index (κ2) is 7.97. The van der Waals surface area contributed by atoms with E-state index in [0.717, 1.165) is 5.56 Å². The normalized spacial score (nSPS) is 14.9. The Kier molecular flexibility index (Phi) is 5.48. The van der Waals surface area contributed by atoms with Gasteiger partial charge in [0.2, 0.25) is 0 Å². The maximum Gasteiger partial charge on any atom is 0.273 e. The van der Waals surface area contributed by atoms with E-state index in [0.29, 0.717) is 29.4 Å². The van der Waals surface area contributed by atoms with Crippen LogP contribution in [0.3, 0.4) is 0 Å². The lowest BCUT2D eigenvalue weighted by Crippen LogP contribution is -2.21. The van der Waals surface area contributed by atoms with Gasteiger partial charge in [-0.15, -0.1) is 0 Å². The van der Waals surface area contributed by atoms with E-state index in [9.17, 15) is 9.18 Å². The highest BCUT2D eigenvalue weighted by Gasteiger charge is 2.20. The van der Waals surface area contributed by atoms with E-state index in [1.807, 2.05) is 6.92 Å². The van der Waals surface area contributed by atoms with Gasteiger partial charge in [-0.1, -0.05) is 24.3 Å². The van der Waals surface area contributed by atoms with Crippen molar-refractivity contribution in [2.75, 3.05) is 6.61 Å². The fraction of sp³-hybridized carbons (Fsp3) is 0.158. The van der Waals surface area contributed by atoms with Crippen LogP contribution in [-0.4, -0.2) is 17.6 Å². The first kappa shape index (κ1) is 17.9. The third-order valence-corrected chi connectivity index (χ3v) is 3.84. The number of amides is 1. The van der Waals surface area contributed by atoms with Crippen molar-refractivity contribution in [3.05, 3.63) is 65.1 Å². The first-order chi connectivity index (χ1) is 12.6. The summed E-state index contributed by atoms with van der Waals surface area (Å²) in [6.07, 6.45) is 1.66. The SMILES string of the molecule is CCOc1cc(/C=C2/NC(=S)NC2=O)ccc1OCc1ccccc1F. The quantitative estimate of drug-likeness (QED) is 0.603. The lowest BCUT2D eigenvalue weighted by molar-refractivity contribution is -0.115. The molecule has 1 aliphatic rings. The van der Waals surface area contributed by atoms with Crippen LogP contribution < -0.4 is 20.1 Å². The Labute approximate surface area is 155 Å². The highest BCUT2D eigenvalue weighted by Crippen LogP contribution is 2.30. The summed E-state index contributed by atoms with van der Waals surface area (Å²) in [6, 6.07) is 11.7. The van der Waals surface area contributed by atoms with Crippen LogP contribution in [0, 0.1) is 5.82 Å². The van der Waals surface area contributed by atoms with Gasteiger partial charge < -0.3 is 14.8 Å². The van der Waals surface area contributed by atoms with Crippen molar-refractivity contribution >= 4 is 29.3 Å². The zero-order valence-electron chi connectivity index (χ0n) is 14.0. The number of halogens is 1. The molecule has 0 aromatic heterocycles. The van der Waals surface area contributed by atoms with Crippen molar-refractivity contribution < 1.29 is 18.7 Å². The van der Waals surface area contributed by atoms with E-state index < -0.39 is 0 Å². The summed E-state index contributed by atoms with van der Waals surface area (Å²) in [5.74, 6) is 0.407. The fourth-order valence-corrected chi connectivity index (χ4v) is 2.62.